The molecule has 3 heteroatoms. The smallest absolute Gasteiger partial charge is 0.0620 e. The lowest BCUT2D eigenvalue weighted by atomic mass is 10.0. The summed E-state index contributed by atoms with van der Waals surface area (Å²) in [4.78, 5) is 2.68. The maximum absolute atomic E-state index is 5.49. The van der Waals surface area contributed by atoms with Crippen molar-refractivity contribution in [1.82, 2.24) is 10.2 Å². The number of nitrogens with zero attached hydrogens (tertiary/aromatic N) is 1. The van der Waals surface area contributed by atoms with Gasteiger partial charge in [-0.25, -0.2) is 0 Å². The normalized spacial score (nSPS) is 32.4. The number of likely N-dealkylation sites (tertiary alicyclic amines) is 1. The van der Waals surface area contributed by atoms with Crippen LogP contribution in [0, 0.1) is 5.92 Å². The average Bonchev–Trinajstić information content (AvgIpc) is 2.76. The van der Waals surface area contributed by atoms with E-state index in [0.717, 1.165) is 31.7 Å². The predicted octanol–water partition coefficient (Wildman–Crippen LogP) is 1.49. The fourth-order valence-corrected chi connectivity index (χ4v) is 3.01. The number of morpholine rings is 1. The molecule has 2 rings (SSSR count). The highest BCUT2D eigenvalue weighted by Gasteiger charge is 2.27. The van der Waals surface area contributed by atoms with Gasteiger partial charge in [-0.1, -0.05) is 13.8 Å². The molecule has 2 heterocycles. The van der Waals surface area contributed by atoms with Crippen LogP contribution in [-0.4, -0.2) is 49.8 Å². The first-order valence-corrected chi connectivity index (χ1v) is 6.82. The van der Waals surface area contributed by atoms with Crippen LogP contribution in [0.2, 0.25) is 0 Å². The monoisotopic (exact) mass is 226 g/mol. The van der Waals surface area contributed by atoms with Crippen LogP contribution >= 0.6 is 0 Å². The van der Waals surface area contributed by atoms with Gasteiger partial charge >= 0.3 is 0 Å². The van der Waals surface area contributed by atoms with E-state index >= 15 is 0 Å². The van der Waals surface area contributed by atoms with Crippen LogP contribution < -0.4 is 5.32 Å². The van der Waals surface area contributed by atoms with Gasteiger partial charge in [-0.2, -0.15) is 0 Å². The Kier molecular flexibility index (Phi) is 4.62. The first-order chi connectivity index (χ1) is 7.77. The minimum absolute atomic E-state index is 0.585. The molecule has 0 spiro atoms. The Morgan fingerprint density at radius 3 is 3.00 bits per heavy atom. The van der Waals surface area contributed by atoms with Crippen molar-refractivity contribution in [2.45, 2.75) is 45.2 Å². The van der Waals surface area contributed by atoms with E-state index in [1.165, 1.54) is 32.4 Å². The Labute approximate surface area is 99.5 Å². The van der Waals surface area contributed by atoms with E-state index in [1.54, 1.807) is 0 Å². The summed E-state index contributed by atoms with van der Waals surface area (Å²) >= 11 is 0. The van der Waals surface area contributed by atoms with E-state index in [0.29, 0.717) is 6.04 Å². The van der Waals surface area contributed by atoms with Crippen LogP contribution in [0.4, 0.5) is 0 Å². The third-order valence-corrected chi connectivity index (χ3v) is 3.95. The van der Waals surface area contributed by atoms with Crippen molar-refractivity contribution in [2.75, 3.05) is 32.8 Å². The molecule has 1 N–H and O–H groups in total. The van der Waals surface area contributed by atoms with Gasteiger partial charge in [0, 0.05) is 25.2 Å². The topological polar surface area (TPSA) is 24.5 Å². The van der Waals surface area contributed by atoms with Gasteiger partial charge in [-0.3, -0.25) is 0 Å². The maximum Gasteiger partial charge on any atom is 0.0620 e. The Bertz CT molecular complexity index is 202. The van der Waals surface area contributed by atoms with Gasteiger partial charge in [0.1, 0.15) is 0 Å². The zero-order chi connectivity index (χ0) is 11.4. The fourth-order valence-electron chi connectivity index (χ4n) is 3.01. The molecule has 2 aliphatic heterocycles. The standard InChI is InChI=1S/C13H26N2O/c1-11(2)13-4-3-7-15(13)8-5-12-10-16-9-6-14-12/h11-14H,3-10H2,1-2H3. The molecule has 0 aromatic rings. The lowest BCUT2D eigenvalue weighted by molar-refractivity contribution is 0.0681. The number of rotatable bonds is 4. The van der Waals surface area contributed by atoms with Crippen LogP contribution in [0.25, 0.3) is 0 Å². The highest BCUT2D eigenvalue weighted by atomic mass is 16.5. The largest absolute Gasteiger partial charge is 0.379 e. The molecule has 0 aromatic heterocycles. The Morgan fingerprint density at radius 2 is 2.31 bits per heavy atom. The van der Waals surface area contributed by atoms with Crippen LogP contribution in [-0.2, 0) is 4.74 Å². The second-order valence-corrected chi connectivity index (χ2v) is 5.50. The van der Waals surface area contributed by atoms with E-state index in [1.807, 2.05) is 0 Å². The van der Waals surface area contributed by atoms with E-state index in [9.17, 15) is 0 Å². The molecule has 2 fully saturated rings. The molecular formula is C13H26N2O. The minimum atomic E-state index is 0.585. The Hall–Kier alpha value is -0.120. The second kappa shape index (κ2) is 5.99. The van der Waals surface area contributed by atoms with Crippen LogP contribution in [0.5, 0.6) is 0 Å². The molecule has 0 aromatic carbocycles. The van der Waals surface area contributed by atoms with Gasteiger partial charge in [0.25, 0.3) is 0 Å². The molecule has 0 radical (unpaired) electrons. The predicted molar refractivity (Wildman–Crippen MR) is 66.7 cm³/mol. The fraction of sp³-hybridized carbons (Fsp3) is 1.00. The van der Waals surface area contributed by atoms with E-state index in [2.05, 4.69) is 24.1 Å². The second-order valence-electron chi connectivity index (χ2n) is 5.50. The van der Waals surface area contributed by atoms with Gasteiger partial charge in [0.15, 0.2) is 0 Å². The van der Waals surface area contributed by atoms with Crippen molar-refractivity contribution < 1.29 is 4.74 Å². The van der Waals surface area contributed by atoms with Crippen molar-refractivity contribution in [2.24, 2.45) is 5.92 Å². The average molecular weight is 226 g/mol. The lowest BCUT2D eigenvalue weighted by Crippen LogP contribution is -2.44. The highest BCUT2D eigenvalue weighted by Crippen LogP contribution is 2.23. The van der Waals surface area contributed by atoms with Crippen molar-refractivity contribution in [3.05, 3.63) is 0 Å². The van der Waals surface area contributed by atoms with Gasteiger partial charge in [-0.05, 0) is 31.7 Å². The first kappa shape index (κ1) is 12.3. The molecular weight excluding hydrogens is 200 g/mol. The number of hydrogen-bond donors (Lipinski definition) is 1. The number of ether oxygens (including phenoxy) is 1. The molecule has 2 aliphatic rings. The third-order valence-electron chi connectivity index (χ3n) is 3.95. The van der Waals surface area contributed by atoms with E-state index in [4.69, 9.17) is 4.74 Å². The molecule has 0 saturated carbocycles. The molecule has 94 valence electrons. The summed E-state index contributed by atoms with van der Waals surface area (Å²) in [6.45, 7) is 10.1. The molecule has 0 amide bonds. The quantitative estimate of drug-likeness (QED) is 0.786. The zero-order valence-corrected chi connectivity index (χ0v) is 10.7. The van der Waals surface area contributed by atoms with Crippen molar-refractivity contribution in [3.8, 4) is 0 Å². The molecule has 2 saturated heterocycles. The van der Waals surface area contributed by atoms with Gasteiger partial charge in [-0.15, -0.1) is 0 Å². The van der Waals surface area contributed by atoms with E-state index in [-0.39, 0.29) is 0 Å². The summed E-state index contributed by atoms with van der Waals surface area (Å²) < 4.78 is 5.49. The summed E-state index contributed by atoms with van der Waals surface area (Å²) in [5.74, 6) is 0.804. The summed E-state index contributed by atoms with van der Waals surface area (Å²) in [7, 11) is 0. The van der Waals surface area contributed by atoms with Crippen LogP contribution in [0.1, 0.15) is 33.1 Å². The van der Waals surface area contributed by atoms with Crippen LogP contribution in [0.3, 0.4) is 0 Å². The summed E-state index contributed by atoms with van der Waals surface area (Å²) in [6, 6.07) is 1.41. The van der Waals surface area contributed by atoms with Crippen molar-refractivity contribution >= 4 is 0 Å². The molecule has 2 atom stereocenters. The molecule has 3 nitrogen and oxygen atoms in total. The highest BCUT2D eigenvalue weighted by molar-refractivity contribution is 4.83. The summed E-state index contributed by atoms with van der Waals surface area (Å²) in [5, 5.41) is 3.54. The van der Waals surface area contributed by atoms with Crippen LogP contribution in [0.15, 0.2) is 0 Å². The zero-order valence-electron chi connectivity index (χ0n) is 10.7. The molecule has 0 aliphatic carbocycles. The van der Waals surface area contributed by atoms with Crippen molar-refractivity contribution in [3.63, 3.8) is 0 Å². The third kappa shape index (κ3) is 3.19. The summed E-state index contributed by atoms with van der Waals surface area (Å²) in [6.07, 6.45) is 4.02. The summed E-state index contributed by atoms with van der Waals surface area (Å²) in [5.41, 5.74) is 0. The first-order valence-electron chi connectivity index (χ1n) is 6.82. The molecule has 0 bridgehead atoms. The van der Waals surface area contributed by atoms with Gasteiger partial charge < -0.3 is 15.0 Å². The number of nitrogens with one attached hydrogen (secondary N) is 1. The molecule has 2 unspecified atom stereocenters. The molecule has 16 heavy (non-hydrogen) atoms. The SMILES string of the molecule is CC(C)C1CCCN1CCC1COCCN1. The Balaban J connectivity index is 1.71. The van der Waals surface area contributed by atoms with Gasteiger partial charge in [0.2, 0.25) is 0 Å². The lowest BCUT2D eigenvalue weighted by Gasteiger charge is -2.30. The van der Waals surface area contributed by atoms with Crippen molar-refractivity contribution in [1.29, 1.82) is 0 Å². The minimum Gasteiger partial charge on any atom is -0.379 e. The Morgan fingerprint density at radius 1 is 1.44 bits per heavy atom. The number of hydrogen-bond acceptors (Lipinski definition) is 3. The van der Waals surface area contributed by atoms with Gasteiger partial charge in [0.05, 0.1) is 13.2 Å². The maximum atomic E-state index is 5.49. The van der Waals surface area contributed by atoms with E-state index < -0.39 is 0 Å².